The Labute approximate surface area is 168 Å². The lowest BCUT2D eigenvalue weighted by molar-refractivity contribution is -0.114. The van der Waals surface area contributed by atoms with E-state index in [4.69, 9.17) is 27.9 Å². The second-order valence-electron chi connectivity index (χ2n) is 6.20. The number of likely N-dealkylation sites (N-methyl/N-ethyl adjacent to an activating group) is 1. The second-order valence-corrected chi connectivity index (χ2v) is 6.97. The molecule has 0 radical (unpaired) electrons. The lowest BCUT2D eigenvalue weighted by atomic mass is 10.1. The topological polar surface area (TPSA) is 63.2 Å². The number of carbonyl (C=O) groups excluding carboxylic acids is 1. The third-order valence-electron chi connectivity index (χ3n) is 4.30. The van der Waals surface area contributed by atoms with Gasteiger partial charge in [-0.05, 0) is 43.7 Å². The van der Waals surface area contributed by atoms with Crippen LogP contribution >= 0.6 is 35.6 Å². The number of benzene rings is 1. The maximum absolute atomic E-state index is 11.2. The van der Waals surface area contributed by atoms with Crippen LogP contribution in [0.3, 0.4) is 0 Å². The summed E-state index contributed by atoms with van der Waals surface area (Å²) in [5, 5.41) is 6.76. The van der Waals surface area contributed by atoms with E-state index in [1.54, 1.807) is 18.3 Å². The van der Waals surface area contributed by atoms with Gasteiger partial charge >= 0.3 is 0 Å². The predicted octanol–water partition coefficient (Wildman–Crippen LogP) is 4.57. The zero-order valence-electron chi connectivity index (χ0n) is 14.4. The number of rotatable bonds is 6. The number of aromatic nitrogens is 1. The lowest BCUT2D eigenvalue weighted by Crippen LogP contribution is -2.33. The van der Waals surface area contributed by atoms with Crippen molar-refractivity contribution in [2.45, 2.75) is 25.3 Å². The fraction of sp³-hybridized carbons (Fsp3) is 0.333. The number of hydrogen-bond donors (Lipinski definition) is 2. The van der Waals surface area contributed by atoms with Crippen molar-refractivity contribution in [3.63, 3.8) is 0 Å². The first-order chi connectivity index (χ1) is 11.9. The molecule has 0 unspecified atom stereocenters. The minimum Gasteiger partial charge on any atom is -0.490 e. The lowest BCUT2D eigenvalue weighted by Gasteiger charge is -2.16. The number of ether oxygens (including phenoxy) is 1. The van der Waals surface area contributed by atoms with Crippen molar-refractivity contribution in [3.05, 3.63) is 40.6 Å². The molecule has 26 heavy (non-hydrogen) atoms. The summed E-state index contributed by atoms with van der Waals surface area (Å²) in [5.41, 5.74) is 2.17. The maximum Gasteiger partial charge on any atom is 0.221 e. The van der Waals surface area contributed by atoms with Crippen molar-refractivity contribution in [1.29, 1.82) is 0 Å². The first-order valence-corrected chi connectivity index (χ1v) is 8.73. The van der Waals surface area contributed by atoms with E-state index < -0.39 is 0 Å². The van der Waals surface area contributed by atoms with Crippen LogP contribution in [0.2, 0.25) is 10.2 Å². The third kappa shape index (κ3) is 4.80. The summed E-state index contributed by atoms with van der Waals surface area (Å²) < 4.78 is 5.87. The van der Waals surface area contributed by atoms with E-state index in [1.165, 1.54) is 6.92 Å². The Kier molecular flexibility index (Phi) is 6.74. The SMILES string of the molecule is CNC1(COc2cnc(Cl)c(-c3ccc(NC(C)=O)c(Cl)c3)c2)CC1.Cl. The Hall–Kier alpha value is -1.53. The van der Waals surface area contributed by atoms with Crippen LogP contribution in [-0.2, 0) is 4.79 Å². The molecule has 1 aromatic carbocycles. The summed E-state index contributed by atoms with van der Waals surface area (Å²) >= 11 is 12.5. The molecular weight excluding hydrogens is 397 g/mol. The highest BCUT2D eigenvalue weighted by molar-refractivity contribution is 6.34. The standard InChI is InChI=1S/C18H19Cl2N3O2.ClH/c1-11(24)23-16-4-3-12(7-15(16)19)14-8-13(9-22-17(14)20)25-10-18(21-2)5-6-18;/h3-4,7-9,21H,5-6,10H2,1-2H3,(H,23,24);1H. The van der Waals surface area contributed by atoms with Crippen LogP contribution < -0.4 is 15.4 Å². The van der Waals surface area contributed by atoms with Crippen LogP contribution in [0.25, 0.3) is 11.1 Å². The van der Waals surface area contributed by atoms with Crippen molar-refractivity contribution in [1.82, 2.24) is 10.3 Å². The van der Waals surface area contributed by atoms with Gasteiger partial charge in [-0.15, -0.1) is 12.4 Å². The van der Waals surface area contributed by atoms with Gasteiger partial charge in [0.1, 0.15) is 17.5 Å². The number of pyridine rings is 1. The van der Waals surface area contributed by atoms with Gasteiger partial charge in [-0.1, -0.05) is 29.3 Å². The maximum atomic E-state index is 11.2. The Morgan fingerprint density at radius 1 is 1.31 bits per heavy atom. The van der Waals surface area contributed by atoms with E-state index in [1.807, 2.05) is 19.2 Å². The van der Waals surface area contributed by atoms with Crippen LogP contribution in [0.5, 0.6) is 5.75 Å². The quantitative estimate of drug-likeness (QED) is 0.677. The molecule has 0 aliphatic heterocycles. The molecule has 2 N–H and O–H groups in total. The predicted molar refractivity (Wildman–Crippen MR) is 108 cm³/mol. The van der Waals surface area contributed by atoms with Crippen molar-refractivity contribution < 1.29 is 9.53 Å². The Morgan fingerprint density at radius 3 is 2.62 bits per heavy atom. The van der Waals surface area contributed by atoms with E-state index in [9.17, 15) is 4.79 Å². The Morgan fingerprint density at radius 2 is 2.04 bits per heavy atom. The number of nitrogens with zero attached hydrogens (tertiary/aromatic N) is 1. The monoisotopic (exact) mass is 415 g/mol. The second kappa shape index (κ2) is 8.44. The van der Waals surface area contributed by atoms with Crippen molar-refractivity contribution in [2.75, 3.05) is 19.0 Å². The van der Waals surface area contributed by atoms with Crippen LogP contribution in [0.1, 0.15) is 19.8 Å². The third-order valence-corrected chi connectivity index (χ3v) is 4.92. The van der Waals surface area contributed by atoms with Gasteiger partial charge in [-0.3, -0.25) is 4.79 Å². The van der Waals surface area contributed by atoms with Gasteiger partial charge in [0.15, 0.2) is 0 Å². The molecule has 0 atom stereocenters. The number of nitrogens with one attached hydrogen (secondary N) is 2. The molecule has 1 fully saturated rings. The summed E-state index contributed by atoms with van der Waals surface area (Å²) in [7, 11) is 1.94. The minimum atomic E-state index is -0.178. The average Bonchev–Trinajstić information content (AvgIpc) is 3.36. The van der Waals surface area contributed by atoms with Gasteiger partial charge < -0.3 is 15.4 Å². The number of anilines is 1. The molecule has 0 spiro atoms. The Bertz CT molecular complexity index is 810. The molecule has 0 saturated heterocycles. The molecular formula is C18H20Cl3N3O2. The van der Waals surface area contributed by atoms with Crippen LogP contribution in [0.4, 0.5) is 5.69 Å². The minimum absolute atomic E-state index is 0. The molecule has 2 aromatic rings. The number of halogens is 3. The molecule has 5 nitrogen and oxygen atoms in total. The van der Waals surface area contributed by atoms with E-state index >= 15 is 0 Å². The smallest absolute Gasteiger partial charge is 0.221 e. The van der Waals surface area contributed by atoms with Crippen molar-refractivity contribution in [3.8, 4) is 16.9 Å². The molecule has 8 heteroatoms. The molecule has 1 aliphatic carbocycles. The highest BCUT2D eigenvalue weighted by atomic mass is 35.5. The number of carbonyl (C=O) groups is 1. The van der Waals surface area contributed by atoms with Gasteiger partial charge in [0.05, 0.1) is 22.4 Å². The molecule has 1 aromatic heterocycles. The van der Waals surface area contributed by atoms with Gasteiger partial charge in [-0.2, -0.15) is 0 Å². The number of hydrogen-bond acceptors (Lipinski definition) is 4. The van der Waals surface area contributed by atoms with E-state index in [-0.39, 0.29) is 23.9 Å². The molecule has 1 amide bonds. The van der Waals surface area contributed by atoms with Crippen molar-refractivity contribution in [2.24, 2.45) is 0 Å². The largest absolute Gasteiger partial charge is 0.490 e. The van der Waals surface area contributed by atoms with E-state index in [0.29, 0.717) is 28.2 Å². The zero-order chi connectivity index (χ0) is 18.0. The summed E-state index contributed by atoms with van der Waals surface area (Å²) in [4.78, 5) is 15.4. The molecule has 1 heterocycles. The van der Waals surface area contributed by atoms with Gasteiger partial charge in [0.2, 0.25) is 5.91 Å². The van der Waals surface area contributed by atoms with E-state index in [2.05, 4.69) is 15.6 Å². The van der Waals surface area contributed by atoms with Crippen LogP contribution in [0.15, 0.2) is 30.5 Å². The fourth-order valence-electron chi connectivity index (χ4n) is 2.52. The summed E-state index contributed by atoms with van der Waals surface area (Å²) in [6.45, 7) is 2.03. The highest BCUT2D eigenvalue weighted by Gasteiger charge is 2.41. The van der Waals surface area contributed by atoms with Gasteiger partial charge in [-0.25, -0.2) is 4.98 Å². The summed E-state index contributed by atoms with van der Waals surface area (Å²) in [6, 6.07) is 7.17. The molecule has 1 saturated carbocycles. The first-order valence-electron chi connectivity index (χ1n) is 7.97. The molecule has 0 bridgehead atoms. The van der Waals surface area contributed by atoms with Crippen LogP contribution in [-0.4, -0.2) is 30.1 Å². The molecule has 140 valence electrons. The van der Waals surface area contributed by atoms with Gasteiger partial charge in [0, 0.05) is 12.5 Å². The summed E-state index contributed by atoms with van der Waals surface area (Å²) in [5.74, 6) is 0.478. The highest BCUT2D eigenvalue weighted by Crippen LogP contribution is 2.37. The normalized spacial score (nSPS) is 14.3. The molecule has 1 aliphatic rings. The van der Waals surface area contributed by atoms with Crippen LogP contribution in [0, 0.1) is 0 Å². The number of amides is 1. The zero-order valence-corrected chi connectivity index (χ0v) is 16.8. The first kappa shape index (κ1) is 20.8. The Balaban J connectivity index is 0.00000243. The van der Waals surface area contributed by atoms with Gasteiger partial charge in [0.25, 0.3) is 0 Å². The van der Waals surface area contributed by atoms with E-state index in [0.717, 1.165) is 24.0 Å². The molecule has 3 rings (SSSR count). The fourth-order valence-corrected chi connectivity index (χ4v) is 2.96. The van der Waals surface area contributed by atoms with Crippen molar-refractivity contribution >= 4 is 47.2 Å². The average molecular weight is 417 g/mol. The summed E-state index contributed by atoms with van der Waals surface area (Å²) in [6.07, 6.45) is 3.83.